The molecule has 24 heavy (non-hydrogen) atoms. The van der Waals surface area contributed by atoms with E-state index in [0.717, 1.165) is 24.4 Å². The molecule has 0 saturated carbocycles. The van der Waals surface area contributed by atoms with Crippen LogP contribution in [0.2, 0.25) is 0 Å². The fourth-order valence-electron chi connectivity index (χ4n) is 3.22. The minimum atomic E-state index is -0.487. The van der Waals surface area contributed by atoms with Gasteiger partial charge < -0.3 is 4.90 Å². The number of benzene rings is 1. The lowest BCUT2D eigenvalue weighted by Gasteiger charge is -2.32. The SMILES string of the molecule is Cc1ncc(C(=O)N2CCC[C@H](CCc3c(F)cccc3F)C2)s1. The van der Waals surface area contributed by atoms with E-state index in [4.69, 9.17) is 0 Å². The second-order valence-electron chi connectivity index (χ2n) is 6.24. The number of hydrogen-bond acceptors (Lipinski definition) is 3. The summed E-state index contributed by atoms with van der Waals surface area (Å²) in [5.41, 5.74) is 0.152. The van der Waals surface area contributed by atoms with Crippen molar-refractivity contribution in [2.75, 3.05) is 13.1 Å². The maximum Gasteiger partial charge on any atom is 0.265 e. The maximum absolute atomic E-state index is 13.7. The molecule has 0 aliphatic carbocycles. The summed E-state index contributed by atoms with van der Waals surface area (Å²) in [6.07, 6.45) is 4.59. The van der Waals surface area contributed by atoms with Crippen molar-refractivity contribution in [3.05, 3.63) is 51.5 Å². The first-order chi connectivity index (χ1) is 11.5. The van der Waals surface area contributed by atoms with E-state index in [-0.39, 0.29) is 17.4 Å². The fourth-order valence-corrected chi connectivity index (χ4v) is 3.97. The van der Waals surface area contributed by atoms with Crippen molar-refractivity contribution < 1.29 is 13.6 Å². The summed E-state index contributed by atoms with van der Waals surface area (Å²) in [4.78, 5) is 19.2. The number of thiazole rings is 1. The Kier molecular flexibility index (Phi) is 5.23. The van der Waals surface area contributed by atoms with Crippen LogP contribution >= 0.6 is 11.3 Å². The van der Waals surface area contributed by atoms with E-state index < -0.39 is 11.6 Å². The second kappa shape index (κ2) is 7.38. The van der Waals surface area contributed by atoms with Gasteiger partial charge in [-0.3, -0.25) is 4.79 Å². The van der Waals surface area contributed by atoms with Gasteiger partial charge in [0.25, 0.3) is 5.91 Å². The molecule has 0 unspecified atom stereocenters. The standard InChI is InChI=1S/C18H20F2N2OS/c1-12-21-10-17(24-12)18(23)22-9-3-4-13(11-22)7-8-14-15(19)5-2-6-16(14)20/h2,5-6,10,13H,3-4,7-9,11H2,1H3/t13-/m1/s1. The molecule has 0 bridgehead atoms. The van der Waals surface area contributed by atoms with Gasteiger partial charge in [-0.25, -0.2) is 13.8 Å². The lowest BCUT2D eigenvalue weighted by Crippen LogP contribution is -2.39. The van der Waals surface area contributed by atoms with Crippen LogP contribution in [0.3, 0.4) is 0 Å². The largest absolute Gasteiger partial charge is 0.338 e. The van der Waals surface area contributed by atoms with Gasteiger partial charge in [-0.1, -0.05) is 6.07 Å². The van der Waals surface area contributed by atoms with Gasteiger partial charge in [0, 0.05) is 18.7 Å². The van der Waals surface area contributed by atoms with E-state index in [9.17, 15) is 13.6 Å². The summed E-state index contributed by atoms with van der Waals surface area (Å²) in [6.45, 7) is 3.26. The summed E-state index contributed by atoms with van der Waals surface area (Å²) in [6, 6.07) is 3.97. The minimum Gasteiger partial charge on any atom is -0.338 e. The normalized spacial score (nSPS) is 18.0. The number of aryl methyl sites for hydroxylation is 1. The van der Waals surface area contributed by atoms with Crippen LogP contribution in [-0.4, -0.2) is 28.9 Å². The molecule has 1 saturated heterocycles. The number of hydrogen-bond donors (Lipinski definition) is 0. The number of amides is 1. The van der Waals surface area contributed by atoms with E-state index in [2.05, 4.69) is 4.98 Å². The Morgan fingerprint density at radius 3 is 2.79 bits per heavy atom. The first kappa shape index (κ1) is 17.0. The fraction of sp³-hybridized carbons (Fsp3) is 0.444. The Morgan fingerprint density at radius 2 is 2.12 bits per heavy atom. The summed E-state index contributed by atoms with van der Waals surface area (Å²) < 4.78 is 27.4. The summed E-state index contributed by atoms with van der Waals surface area (Å²) in [5, 5.41) is 0.877. The molecule has 2 heterocycles. The smallest absolute Gasteiger partial charge is 0.265 e. The number of aromatic nitrogens is 1. The van der Waals surface area contributed by atoms with E-state index in [1.807, 2.05) is 11.8 Å². The van der Waals surface area contributed by atoms with Crippen LogP contribution < -0.4 is 0 Å². The Balaban J connectivity index is 1.60. The molecule has 1 amide bonds. The zero-order valence-electron chi connectivity index (χ0n) is 13.6. The second-order valence-corrected chi connectivity index (χ2v) is 7.48. The first-order valence-corrected chi connectivity index (χ1v) is 9.01. The summed E-state index contributed by atoms with van der Waals surface area (Å²) >= 11 is 1.40. The zero-order valence-corrected chi connectivity index (χ0v) is 14.4. The van der Waals surface area contributed by atoms with Crippen molar-refractivity contribution >= 4 is 17.2 Å². The molecule has 1 aliphatic rings. The molecule has 6 heteroatoms. The van der Waals surface area contributed by atoms with E-state index in [1.54, 1.807) is 6.20 Å². The predicted molar refractivity (Wildman–Crippen MR) is 90.2 cm³/mol. The third-order valence-electron chi connectivity index (χ3n) is 4.50. The van der Waals surface area contributed by atoms with Crippen LogP contribution in [-0.2, 0) is 6.42 Å². The first-order valence-electron chi connectivity index (χ1n) is 8.19. The number of rotatable bonds is 4. The monoisotopic (exact) mass is 350 g/mol. The average molecular weight is 350 g/mol. The lowest BCUT2D eigenvalue weighted by atomic mass is 9.91. The maximum atomic E-state index is 13.7. The highest BCUT2D eigenvalue weighted by Crippen LogP contribution is 2.25. The highest BCUT2D eigenvalue weighted by Gasteiger charge is 2.26. The van der Waals surface area contributed by atoms with Gasteiger partial charge in [0.05, 0.1) is 11.2 Å². The van der Waals surface area contributed by atoms with Crippen LogP contribution in [0.25, 0.3) is 0 Å². The summed E-state index contributed by atoms with van der Waals surface area (Å²) in [7, 11) is 0. The van der Waals surface area contributed by atoms with Crippen molar-refractivity contribution in [3.63, 3.8) is 0 Å². The number of piperidine rings is 1. The lowest BCUT2D eigenvalue weighted by molar-refractivity contribution is 0.0672. The van der Waals surface area contributed by atoms with Crippen LogP contribution in [0.1, 0.15) is 39.5 Å². The Labute approximate surface area is 144 Å². The topological polar surface area (TPSA) is 33.2 Å². The predicted octanol–water partition coefficient (Wildman–Crippen LogP) is 4.21. The third kappa shape index (κ3) is 3.80. The molecule has 1 aliphatic heterocycles. The number of nitrogens with zero attached hydrogens (tertiary/aromatic N) is 2. The molecule has 1 fully saturated rings. The number of carbonyl (C=O) groups is 1. The molecule has 1 aromatic carbocycles. The van der Waals surface area contributed by atoms with Crippen LogP contribution in [0.4, 0.5) is 8.78 Å². The van der Waals surface area contributed by atoms with Crippen molar-refractivity contribution in [2.45, 2.75) is 32.6 Å². The van der Waals surface area contributed by atoms with Gasteiger partial charge >= 0.3 is 0 Å². The van der Waals surface area contributed by atoms with Gasteiger partial charge in [0.1, 0.15) is 16.5 Å². The number of halogens is 2. The van der Waals surface area contributed by atoms with Crippen LogP contribution in [0, 0.1) is 24.5 Å². The van der Waals surface area contributed by atoms with Gasteiger partial charge in [-0.05, 0) is 50.7 Å². The average Bonchev–Trinajstić information content (AvgIpc) is 3.00. The highest BCUT2D eigenvalue weighted by atomic mass is 32.1. The zero-order chi connectivity index (χ0) is 17.1. The van der Waals surface area contributed by atoms with Crippen LogP contribution in [0.15, 0.2) is 24.4 Å². The molecular formula is C18H20F2N2OS. The molecule has 2 aromatic rings. The quantitative estimate of drug-likeness (QED) is 0.827. The number of carbonyl (C=O) groups excluding carboxylic acids is 1. The number of likely N-dealkylation sites (tertiary alicyclic amines) is 1. The Morgan fingerprint density at radius 1 is 1.38 bits per heavy atom. The Bertz CT molecular complexity index is 711. The summed E-state index contributed by atoms with van der Waals surface area (Å²) in [5.74, 6) is -0.684. The molecular weight excluding hydrogens is 330 g/mol. The van der Waals surface area contributed by atoms with Crippen LogP contribution in [0.5, 0.6) is 0 Å². The van der Waals surface area contributed by atoms with Gasteiger partial charge in [-0.2, -0.15) is 0 Å². The van der Waals surface area contributed by atoms with Crippen molar-refractivity contribution in [1.82, 2.24) is 9.88 Å². The molecule has 0 N–H and O–H groups in total. The van der Waals surface area contributed by atoms with Crippen molar-refractivity contribution in [3.8, 4) is 0 Å². The Hall–Kier alpha value is -1.82. The molecule has 3 nitrogen and oxygen atoms in total. The molecule has 1 aromatic heterocycles. The molecule has 128 valence electrons. The van der Waals surface area contributed by atoms with E-state index >= 15 is 0 Å². The molecule has 0 radical (unpaired) electrons. The van der Waals surface area contributed by atoms with Crippen molar-refractivity contribution in [1.29, 1.82) is 0 Å². The highest BCUT2D eigenvalue weighted by molar-refractivity contribution is 7.13. The molecule has 1 atom stereocenters. The molecule has 0 spiro atoms. The third-order valence-corrected chi connectivity index (χ3v) is 5.40. The van der Waals surface area contributed by atoms with Gasteiger partial charge in [0.15, 0.2) is 0 Å². The van der Waals surface area contributed by atoms with Crippen molar-refractivity contribution in [2.24, 2.45) is 5.92 Å². The van der Waals surface area contributed by atoms with Gasteiger partial charge in [-0.15, -0.1) is 11.3 Å². The van der Waals surface area contributed by atoms with E-state index in [1.165, 1.54) is 29.5 Å². The van der Waals surface area contributed by atoms with Gasteiger partial charge in [0.2, 0.25) is 0 Å². The minimum absolute atomic E-state index is 0.0161. The molecule has 3 rings (SSSR count). The van der Waals surface area contributed by atoms with E-state index in [0.29, 0.717) is 24.3 Å².